The molecule has 0 N–H and O–H groups in total. The lowest BCUT2D eigenvalue weighted by Crippen LogP contribution is -2.11. The molecule has 5 nitrogen and oxygen atoms in total. The Labute approximate surface area is 112 Å². The summed E-state index contributed by atoms with van der Waals surface area (Å²) in [4.78, 5) is 11.7. The minimum Gasteiger partial charge on any atom is -0.461 e. The maximum atomic E-state index is 11.7. The number of aromatic nitrogens is 3. The van der Waals surface area contributed by atoms with E-state index in [0.29, 0.717) is 12.3 Å². The van der Waals surface area contributed by atoms with Gasteiger partial charge in [0.15, 0.2) is 5.69 Å². The van der Waals surface area contributed by atoms with Crippen LogP contribution in [0.1, 0.15) is 42.9 Å². The molecule has 1 aromatic heterocycles. The van der Waals surface area contributed by atoms with Crippen LogP contribution >= 0.6 is 11.8 Å². The molecule has 0 saturated heterocycles. The summed E-state index contributed by atoms with van der Waals surface area (Å²) >= 11 is 1.81. The van der Waals surface area contributed by atoms with Crippen LogP contribution in [0.4, 0.5) is 0 Å². The summed E-state index contributed by atoms with van der Waals surface area (Å²) in [7, 11) is 0. The molecule has 0 fully saturated rings. The predicted octanol–water partition coefficient (Wildman–Crippen LogP) is 2.16. The maximum absolute atomic E-state index is 11.7. The molecular formula is C12H21N3O2S. The Hall–Kier alpha value is -1.04. The van der Waals surface area contributed by atoms with Crippen molar-refractivity contribution in [2.45, 2.75) is 39.7 Å². The van der Waals surface area contributed by atoms with Gasteiger partial charge in [0.25, 0.3) is 0 Å². The Morgan fingerprint density at radius 2 is 2.22 bits per heavy atom. The molecule has 1 heterocycles. The minimum atomic E-state index is -0.364. The van der Waals surface area contributed by atoms with Crippen molar-refractivity contribution in [2.75, 3.05) is 18.6 Å². The van der Waals surface area contributed by atoms with Crippen LogP contribution in [0.25, 0.3) is 0 Å². The van der Waals surface area contributed by atoms with Crippen molar-refractivity contribution < 1.29 is 9.53 Å². The molecule has 0 aliphatic rings. The molecule has 0 aliphatic carbocycles. The molecule has 1 rings (SSSR count). The predicted molar refractivity (Wildman–Crippen MR) is 73.0 cm³/mol. The van der Waals surface area contributed by atoms with E-state index in [9.17, 15) is 4.79 Å². The first-order valence-corrected chi connectivity index (χ1v) is 7.72. The fourth-order valence-corrected chi connectivity index (χ4v) is 2.13. The first-order valence-electron chi connectivity index (χ1n) is 6.33. The average molecular weight is 271 g/mol. The average Bonchev–Trinajstić information content (AvgIpc) is 2.74. The van der Waals surface area contributed by atoms with Crippen molar-refractivity contribution in [3.8, 4) is 0 Å². The number of hydrogen-bond donors (Lipinski definition) is 0. The zero-order valence-electron chi connectivity index (χ0n) is 11.3. The molecule has 0 aliphatic heterocycles. The second kappa shape index (κ2) is 8.13. The summed E-state index contributed by atoms with van der Waals surface area (Å²) in [6.45, 7) is 5.04. The molecule has 0 bridgehead atoms. The summed E-state index contributed by atoms with van der Waals surface area (Å²) < 4.78 is 6.83. The Balaban J connectivity index is 2.81. The summed E-state index contributed by atoms with van der Waals surface area (Å²) in [6.07, 6.45) is 4.88. The first kappa shape index (κ1) is 15.0. The second-order valence-corrected chi connectivity index (χ2v) is 4.91. The molecule has 0 spiro atoms. The lowest BCUT2D eigenvalue weighted by atomic mass is 10.2. The van der Waals surface area contributed by atoms with E-state index in [1.54, 1.807) is 6.92 Å². The standard InChI is InChI=1S/C12H21N3O2S/c1-4-7-10-11(12(16)17-5-2)13-14-15(10)8-6-9-18-3/h4-9H2,1-3H3. The van der Waals surface area contributed by atoms with E-state index < -0.39 is 0 Å². The van der Waals surface area contributed by atoms with Crippen LogP contribution < -0.4 is 0 Å². The fourth-order valence-electron chi connectivity index (χ4n) is 1.71. The highest BCUT2D eigenvalue weighted by atomic mass is 32.2. The molecule has 102 valence electrons. The second-order valence-electron chi connectivity index (χ2n) is 3.92. The van der Waals surface area contributed by atoms with Gasteiger partial charge in [0.2, 0.25) is 0 Å². The number of carbonyl (C=O) groups is 1. The number of thioether (sulfide) groups is 1. The van der Waals surface area contributed by atoms with E-state index in [2.05, 4.69) is 23.5 Å². The number of esters is 1. The lowest BCUT2D eigenvalue weighted by Gasteiger charge is -2.06. The van der Waals surface area contributed by atoms with E-state index in [-0.39, 0.29) is 5.97 Å². The maximum Gasteiger partial charge on any atom is 0.360 e. The highest BCUT2D eigenvalue weighted by Crippen LogP contribution is 2.11. The van der Waals surface area contributed by atoms with Gasteiger partial charge in [-0.3, -0.25) is 0 Å². The summed E-state index contributed by atoms with van der Waals surface area (Å²) in [5.41, 5.74) is 1.28. The van der Waals surface area contributed by atoms with Crippen LogP contribution in [-0.4, -0.2) is 39.6 Å². The fraction of sp³-hybridized carbons (Fsp3) is 0.750. The molecule has 6 heteroatoms. The SMILES string of the molecule is CCCc1c(C(=O)OCC)nnn1CCCSC. The van der Waals surface area contributed by atoms with Crippen LogP contribution in [0.3, 0.4) is 0 Å². The van der Waals surface area contributed by atoms with E-state index in [1.165, 1.54) is 0 Å². The molecule has 0 atom stereocenters. The third-order valence-corrected chi connectivity index (χ3v) is 3.21. The minimum absolute atomic E-state index is 0.364. The number of ether oxygens (including phenoxy) is 1. The van der Waals surface area contributed by atoms with Gasteiger partial charge in [-0.15, -0.1) is 5.10 Å². The quantitative estimate of drug-likeness (QED) is 0.535. The Bertz CT molecular complexity index is 379. The number of aryl methyl sites for hydroxylation is 1. The topological polar surface area (TPSA) is 57.0 Å². The monoisotopic (exact) mass is 271 g/mol. The largest absolute Gasteiger partial charge is 0.461 e. The van der Waals surface area contributed by atoms with Gasteiger partial charge < -0.3 is 4.74 Å². The third-order valence-electron chi connectivity index (χ3n) is 2.51. The third kappa shape index (κ3) is 4.01. The molecule has 0 unspecified atom stereocenters. The number of nitrogens with zero attached hydrogens (tertiary/aromatic N) is 3. The van der Waals surface area contributed by atoms with Gasteiger partial charge in [0, 0.05) is 6.54 Å². The highest BCUT2D eigenvalue weighted by molar-refractivity contribution is 7.98. The van der Waals surface area contributed by atoms with Crippen molar-refractivity contribution in [3.63, 3.8) is 0 Å². The van der Waals surface area contributed by atoms with Crippen molar-refractivity contribution >= 4 is 17.7 Å². The van der Waals surface area contributed by atoms with Gasteiger partial charge in [-0.05, 0) is 31.8 Å². The van der Waals surface area contributed by atoms with Crippen molar-refractivity contribution in [2.24, 2.45) is 0 Å². The molecular weight excluding hydrogens is 250 g/mol. The van der Waals surface area contributed by atoms with Crippen molar-refractivity contribution in [1.29, 1.82) is 0 Å². The van der Waals surface area contributed by atoms with E-state index >= 15 is 0 Å². The summed E-state index contributed by atoms with van der Waals surface area (Å²) in [5.74, 6) is 0.720. The molecule has 0 aromatic carbocycles. The van der Waals surface area contributed by atoms with E-state index in [0.717, 1.165) is 37.3 Å². The number of rotatable bonds is 8. The smallest absolute Gasteiger partial charge is 0.360 e. The lowest BCUT2D eigenvalue weighted by molar-refractivity contribution is 0.0518. The van der Waals surface area contributed by atoms with Gasteiger partial charge in [-0.1, -0.05) is 18.6 Å². The van der Waals surface area contributed by atoms with Crippen molar-refractivity contribution in [1.82, 2.24) is 15.0 Å². The van der Waals surface area contributed by atoms with Gasteiger partial charge in [-0.25, -0.2) is 9.48 Å². The van der Waals surface area contributed by atoms with E-state index in [1.807, 2.05) is 16.4 Å². The normalized spacial score (nSPS) is 10.6. The summed E-state index contributed by atoms with van der Waals surface area (Å²) in [5, 5.41) is 8.03. The van der Waals surface area contributed by atoms with Crippen molar-refractivity contribution in [3.05, 3.63) is 11.4 Å². The highest BCUT2D eigenvalue weighted by Gasteiger charge is 2.19. The van der Waals surface area contributed by atoms with Crippen LogP contribution in [-0.2, 0) is 17.7 Å². The molecule has 0 radical (unpaired) electrons. The Morgan fingerprint density at radius 3 is 2.83 bits per heavy atom. The molecule has 18 heavy (non-hydrogen) atoms. The Morgan fingerprint density at radius 1 is 1.44 bits per heavy atom. The Kier molecular flexibility index (Phi) is 6.78. The van der Waals surface area contributed by atoms with E-state index in [4.69, 9.17) is 4.74 Å². The first-order chi connectivity index (χ1) is 8.74. The van der Waals surface area contributed by atoms with Gasteiger partial charge in [0.1, 0.15) is 0 Å². The zero-order chi connectivity index (χ0) is 13.4. The van der Waals surface area contributed by atoms with Crippen LogP contribution in [0, 0.1) is 0 Å². The van der Waals surface area contributed by atoms with Gasteiger partial charge in [-0.2, -0.15) is 11.8 Å². The van der Waals surface area contributed by atoms with Gasteiger partial charge >= 0.3 is 5.97 Å². The number of hydrogen-bond acceptors (Lipinski definition) is 5. The molecule has 0 amide bonds. The zero-order valence-corrected chi connectivity index (χ0v) is 12.1. The molecule has 1 aromatic rings. The molecule has 0 saturated carbocycles. The van der Waals surface area contributed by atoms with Gasteiger partial charge in [0.05, 0.1) is 12.3 Å². The number of carbonyl (C=O) groups excluding carboxylic acids is 1. The van der Waals surface area contributed by atoms with Crippen LogP contribution in [0.2, 0.25) is 0 Å². The summed E-state index contributed by atoms with van der Waals surface area (Å²) in [6, 6.07) is 0. The van der Waals surface area contributed by atoms with Crippen LogP contribution in [0.5, 0.6) is 0 Å². The van der Waals surface area contributed by atoms with Crippen LogP contribution in [0.15, 0.2) is 0 Å².